The predicted molar refractivity (Wildman–Crippen MR) is 49.8 cm³/mol. The molecule has 2 unspecified atom stereocenters. The van der Waals surface area contributed by atoms with E-state index < -0.39 is 12.2 Å². The molecule has 0 radical (unpaired) electrons. The van der Waals surface area contributed by atoms with Crippen LogP contribution in [0.3, 0.4) is 0 Å². The Balaban J connectivity index is 2.25. The summed E-state index contributed by atoms with van der Waals surface area (Å²) < 4.78 is 4.47. The molecule has 0 saturated carbocycles. The largest absolute Gasteiger partial charge is 0.512 e. The number of ether oxygens (including phenoxy) is 1. The summed E-state index contributed by atoms with van der Waals surface area (Å²) in [5.74, 6) is -0.443. The van der Waals surface area contributed by atoms with E-state index in [0.29, 0.717) is 12.8 Å². The van der Waals surface area contributed by atoms with E-state index in [2.05, 4.69) is 4.74 Å². The fourth-order valence-electron chi connectivity index (χ4n) is 1.83. The Kier molecular flexibility index (Phi) is 2.32. The highest BCUT2D eigenvalue weighted by Crippen LogP contribution is 2.37. The van der Waals surface area contributed by atoms with Crippen molar-refractivity contribution in [1.82, 2.24) is 4.90 Å². The quantitative estimate of drug-likeness (QED) is 0.505. The summed E-state index contributed by atoms with van der Waals surface area (Å²) in [4.78, 5) is 23.0. The van der Waals surface area contributed by atoms with Gasteiger partial charge in [-0.3, -0.25) is 9.69 Å². The number of fused-ring (bicyclic) bond motifs is 1. The molecular formula is C8H9ClN2O4. The van der Waals surface area contributed by atoms with Crippen molar-refractivity contribution in [3.8, 4) is 0 Å². The highest BCUT2D eigenvalue weighted by Gasteiger charge is 2.50. The molecule has 15 heavy (non-hydrogen) atoms. The van der Waals surface area contributed by atoms with Crippen molar-refractivity contribution in [3.63, 3.8) is 0 Å². The van der Waals surface area contributed by atoms with Crippen LogP contribution in [0.25, 0.3) is 0 Å². The number of nitrogens with zero attached hydrogens (tertiary/aromatic N) is 1. The van der Waals surface area contributed by atoms with Crippen molar-refractivity contribution in [2.24, 2.45) is 5.73 Å². The lowest BCUT2D eigenvalue weighted by molar-refractivity contribution is -0.150. The zero-order chi connectivity index (χ0) is 11.2. The maximum absolute atomic E-state index is 11.4. The standard InChI is InChI=1S/C8H9ClN2O4/c9-3-1-2-4-5(10)6(12)11(4)7(3)15-8(13)14/h4-5H,1-2,10H2,(H,13,14). The lowest BCUT2D eigenvalue weighted by Crippen LogP contribution is -2.69. The smallest absolute Gasteiger partial charge is 0.449 e. The number of allylic oxidation sites excluding steroid dienone is 1. The maximum atomic E-state index is 11.4. The SMILES string of the molecule is NC1C(=O)N2C(OC(=O)O)=C(Cl)CCC12. The van der Waals surface area contributed by atoms with Gasteiger partial charge in [0.1, 0.15) is 6.04 Å². The average molecular weight is 233 g/mol. The zero-order valence-corrected chi connectivity index (χ0v) is 8.40. The zero-order valence-electron chi connectivity index (χ0n) is 7.64. The minimum Gasteiger partial charge on any atom is -0.449 e. The molecule has 1 fully saturated rings. The van der Waals surface area contributed by atoms with Crippen LogP contribution < -0.4 is 5.73 Å². The third-order valence-corrected chi connectivity index (χ3v) is 2.91. The van der Waals surface area contributed by atoms with Gasteiger partial charge in [0.05, 0.1) is 11.1 Å². The molecule has 2 aliphatic rings. The lowest BCUT2D eigenvalue weighted by Gasteiger charge is -2.47. The second-order valence-corrected chi connectivity index (χ2v) is 3.87. The Bertz CT molecular complexity index is 368. The van der Waals surface area contributed by atoms with E-state index in [4.69, 9.17) is 22.4 Å². The molecule has 2 aliphatic heterocycles. The van der Waals surface area contributed by atoms with Crippen LogP contribution >= 0.6 is 11.6 Å². The summed E-state index contributed by atoms with van der Waals surface area (Å²) >= 11 is 5.79. The van der Waals surface area contributed by atoms with Crippen LogP contribution in [-0.2, 0) is 9.53 Å². The Morgan fingerprint density at radius 3 is 2.93 bits per heavy atom. The van der Waals surface area contributed by atoms with Gasteiger partial charge < -0.3 is 15.6 Å². The van der Waals surface area contributed by atoms with Crippen LogP contribution in [0.1, 0.15) is 12.8 Å². The normalized spacial score (nSPS) is 29.7. The van der Waals surface area contributed by atoms with Gasteiger partial charge in [-0.1, -0.05) is 11.6 Å². The van der Waals surface area contributed by atoms with E-state index >= 15 is 0 Å². The summed E-state index contributed by atoms with van der Waals surface area (Å²) in [6.45, 7) is 0. The topological polar surface area (TPSA) is 92.9 Å². The minimum atomic E-state index is -1.49. The number of β-lactam (4-membered cyclic amide) rings is 1. The van der Waals surface area contributed by atoms with Gasteiger partial charge in [0.25, 0.3) is 0 Å². The monoisotopic (exact) mass is 232 g/mol. The molecule has 0 aromatic heterocycles. The van der Waals surface area contributed by atoms with Crippen LogP contribution in [0, 0.1) is 0 Å². The predicted octanol–water partition coefficient (Wildman–Crippen LogP) is 0.421. The van der Waals surface area contributed by atoms with Crippen molar-refractivity contribution in [2.75, 3.05) is 0 Å². The Morgan fingerprint density at radius 1 is 1.67 bits per heavy atom. The number of carboxylic acid groups (broad SMARTS) is 1. The number of nitrogens with two attached hydrogens (primary N) is 1. The van der Waals surface area contributed by atoms with Crippen molar-refractivity contribution in [3.05, 3.63) is 10.9 Å². The summed E-state index contributed by atoms with van der Waals surface area (Å²) in [5, 5.41) is 8.72. The number of rotatable bonds is 1. The molecule has 1 saturated heterocycles. The van der Waals surface area contributed by atoms with Gasteiger partial charge in [0, 0.05) is 0 Å². The van der Waals surface area contributed by atoms with E-state index in [-0.39, 0.29) is 22.9 Å². The first-order chi connectivity index (χ1) is 7.02. The fourth-order valence-corrected chi connectivity index (χ4v) is 2.06. The van der Waals surface area contributed by atoms with E-state index in [1.807, 2.05) is 0 Å². The number of hydrogen-bond acceptors (Lipinski definition) is 4. The summed E-state index contributed by atoms with van der Waals surface area (Å²) in [6.07, 6.45) is -0.373. The van der Waals surface area contributed by atoms with Crippen LogP contribution in [-0.4, -0.2) is 34.2 Å². The van der Waals surface area contributed by atoms with E-state index in [9.17, 15) is 9.59 Å². The molecule has 2 heterocycles. The number of carbonyl (C=O) groups excluding carboxylic acids is 1. The van der Waals surface area contributed by atoms with Gasteiger partial charge in [-0.05, 0) is 12.8 Å². The Morgan fingerprint density at radius 2 is 2.33 bits per heavy atom. The second kappa shape index (κ2) is 3.39. The highest BCUT2D eigenvalue weighted by atomic mass is 35.5. The molecule has 82 valence electrons. The highest BCUT2D eigenvalue weighted by molar-refractivity contribution is 6.30. The molecule has 2 rings (SSSR count). The molecule has 3 N–H and O–H groups in total. The maximum Gasteiger partial charge on any atom is 0.512 e. The van der Waals surface area contributed by atoms with Gasteiger partial charge in [-0.25, -0.2) is 4.79 Å². The van der Waals surface area contributed by atoms with Crippen molar-refractivity contribution in [2.45, 2.75) is 24.9 Å². The molecule has 0 aromatic rings. The van der Waals surface area contributed by atoms with E-state index in [1.54, 1.807) is 0 Å². The molecule has 0 aromatic carbocycles. The number of amides is 1. The molecule has 0 spiro atoms. The minimum absolute atomic E-state index is 0.0906. The van der Waals surface area contributed by atoms with Crippen molar-refractivity contribution < 1.29 is 19.4 Å². The van der Waals surface area contributed by atoms with Crippen LogP contribution in [0.15, 0.2) is 10.9 Å². The van der Waals surface area contributed by atoms with Crippen molar-refractivity contribution >= 4 is 23.7 Å². The number of carbonyl (C=O) groups is 2. The van der Waals surface area contributed by atoms with Gasteiger partial charge in [-0.2, -0.15) is 0 Å². The first-order valence-corrected chi connectivity index (χ1v) is 4.78. The van der Waals surface area contributed by atoms with Gasteiger partial charge in [0.15, 0.2) is 0 Å². The first-order valence-electron chi connectivity index (χ1n) is 4.40. The summed E-state index contributed by atoms with van der Waals surface area (Å²) in [7, 11) is 0. The Hall–Kier alpha value is -1.27. The van der Waals surface area contributed by atoms with E-state index in [1.165, 1.54) is 4.90 Å². The average Bonchev–Trinajstić information content (AvgIpc) is 2.19. The molecule has 6 nitrogen and oxygen atoms in total. The Labute approximate surface area is 90.2 Å². The second-order valence-electron chi connectivity index (χ2n) is 3.42. The van der Waals surface area contributed by atoms with Gasteiger partial charge in [0.2, 0.25) is 11.8 Å². The molecule has 0 bridgehead atoms. The fraction of sp³-hybridized carbons (Fsp3) is 0.500. The molecular weight excluding hydrogens is 224 g/mol. The first kappa shape index (κ1) is 10.3. The van der Waals surface area contributed by atoms with Crippen LogP contribution in [0.5, 0.6) is 0 Å². The summed E-state index contributed by atoms with van der Waals surface area (Å²) in [5.41, 5.74) is 5.56. The van der Waals surface area contributed by atoms with Crippen LogP contribution in [0.2, 0.25) is 0 Å². The van der Waals surface area contributed by atoms with Crippen molar-refractivity contribution in [1.29, 1.82) is 0 Å². The molecule has 2 atom stereocenters. The third kappa shape index (κ3) is 1.46. The molecule has 7 heteroatoms. The molecule has 0 aliphatic carbocycles. The van der Waals surface area contributed by atoms with E-state index in [0.717, 1.165) is 0 Å². The number of halogens is 1. The number of hydrogen-bond donors (Lipinski definition) is 2. The van der Waals surface area contributed by atoms with Gasteiger partial charge in [-0.15, -0.1) is 0 Å². The lowest BCUT2D eigenvalue weighted by atomic mass is 9.89. The summed E-state index contributed by atoms with van der Waals surface area (Å²) in [6, 6.07) is -0.753. The van der Waals surface area contributed by atoms with Crippen LogP contribution in [0.4, 0.5) is 4.79 Å². The molecule has 1 amide bonds. The van der Waals surface area contributed by atoms with Gasteiger partial charge >= 0.3 is 6.16 Å². The third-order valence-electron chi connectivity index (χ3n) is 2.56.